The Kier molecular flexibility index (Phi) is 4.08. The molecule has 4 rings (SSSR count). The number of carbonyl (C=O) groups is 1. The zero-order valence-corrected chi connectivity index (χ0v) is 13.6. The number of nitrogens with one attached hydrogen (secondary N) is 2. The van der Waals surface area contributed by atoms with Crippen LogP contribution in [0.5, 0.6) is 0 Å². The van der Waals surface area contributed by atoms with Gasteiger partial charge in [-0.3, -0.25) is 9.78 Å². The summed E-state index contributed by atoms with van der Waals surface area (Å²) in [6.07, 6.45) is 4.58. The van der Waals surface area contributed by atoms with E-state index in [9.17, 15) is 4.79 Å². The fraction of sp³-hybridized carbons (Fsp3) is 0.158. The lowest BCUT2D eigenvalue weighted by Gasteiger charge is -2.10. The highest BCUT2D eigenvalue weighted by atomic mass is 16.1. The first-order valence-electron chi connectivity index (χ1n) is 8.18. The number of benzene rings is 1. The third-order valence-corrected chi connectivity index (χ3v) is 4.06. The van der Waals surface area contributed by atoms with Gasteiger partial charge in [0.2, 0.25) is 11.9 Å². The van der Waals surface area contributed by atoms with E-state index in [1.54, 1.807) is 12.4 Å². The number of nitrogens with zero attached hydrogens (tertiary/aromatic N) is 3. The van der Waals surface area contributed by atoms with Crippen molar-refractivity contribution in [2.24, 2.45) is 0 Å². The van der Waals surface area contributed by atoms with E-state index >= 15 is 0 Å². The monoisotopic (exact) mass is 331 g/mol. The molecule has 0 spiro atoms. The van der Waals surface area contributed by atoms with Gasteiger partial charge < -0.3 is 10.6 Å². The van der Waals surface area contributed by atoms with Crippen LogP contribution in [-0.2, 0) is 17.6 Å². The lowest BCUT2D eigenvalue weighted by Crippen LogP contribution is -2.13. The number of amides is 1. The SMILES string of the molecule is O=C1Cc2cnc(NCCc3ccccn3)nc2-c2ccccc2N1. The van der Waals surface area contributed by atoms with Crippen LogP contribution in [0.4, 0.5) is 11.6 Å². The van der Waals surface area contributed by atoms with Crippen LogP contribution < -0.4 is 10.6 Å². The maximum atomic E-state index is 12.0. The number of rotatable bonds is 4. The van der Waals surface area contributed by atoms with Crippen molar-refractivity contribution < 1.29 is 4.79 Å². The van der Waals surface area contributed by atoms with Gasteiger partial charge in [-0.15, -0.1) is 0 Å². The topological polar surface area (TPSA) is 79.8 Å². The maximum Gasteiger partial charge on any atom is 0.228 e. The molecule has 0 bridgehead atoms. The molecule has 0 aliphatic carbocycles. The molecule has 1 aromatic carbocycles. The molecular formula is C19H17N5O. The van der Waals surface area contributed by atoms with E-state index in [1.807, 2.05) is 42.5 Å². The lowest BCUT2D eigenvalue weighted by atomic mass is 10.1. The summed E-state index contributed by atoms with van der Waals surface area (Å²) in [6.45, 7) is 0.689. The van der Waals surface area contributed by atoms with Crippen molar-refractivity contribution in [1.82, 2.24) is 15.0 Å². The molecule has 1 aliphatic heterocycles. The van der Waals surface area contributed by atoms with Crippen molar-refractivity contribution in [3.05, 3.63) is 66.1 Å². The zero-order chi connectivity index (χ0) is 17.1. The quantitative estimate of drug-likeness (QED) is 0.768. The Morgan fingerprint density at radius 3 is 2.84 bits per heavy atom. The van der Waals surface area contributed by atoms with E-state index in [4.69, 9.17) is 0 Å². The van der Waals surface area contributed by atoms with Crippen molar-refractivity contribution in [2.45, 2.75) is 12.8 Å². The van der Waals surface area contributed by atoms with Gasteiger partial charge in [-0.05, 0) is 18.2 Å². The number of pyridine rings is 1. The fourth-order valence-corrected chi connectivity index (χ4v) is 2.87. The number of hydrogen-bond donors (Lipinski definition) is 2. The molecule has 124 valence electrons. The van der Waals surface area contributed by atoms with E-state index in [2.05, 4.69) is 25.6 Å². The summed E-state index contributed by atoms with van der Waals surface area (Å²) >= 11 is 0. The molecule has 6 heteroatoms. The van der Waals surface area contributed by atoms with Gasteiger partial charge >= 0.3 is 0 Å². The summed E-state index contributed by atoms with van der Waals surface area (Å²) in [7, 11) is 0. The Bertz CT molecular complexity index is 911. The normalized spacial score (nSPS) is 12.6. The van der Waals surface area contributed by atoms with Crippen molar-refractivity contribution in [2.75, 3.05) is 17.2 Å². The first-order valence-corrected chi connectivity index (χ1v) is 8.18. The van der Waals surface area contributed by atoms with Gasteiger partial charge in [0, 0.05) is 42.2 Å². The molecule has 1 amide bonds. The van der Waals surface area contributed by atoms with Crippen LogP contribution >= 0.6 is 0 Å². The second-order valence-electron chi connectivity index (χ2n) is 5.84. The van der Waals surface area contributed by atoms with Gasteiger partial charge in [0.25, 0.3) is 0 Å². The number of carbonyl (C=O) groups excluding carboxylic acids is 1. The fourth-order valence-electron chi connectivity index (χ4n) is 2.87. The van der Waals surface area contributed by atoms with Crippen molar-refractivity contribution >= 4 is 17.5 Å². The third kappa shape index (κ3) is 3.33. The Morgan fingerprint density at radius 1 is 1.08 bits per heavy atom. The molecule has 3 heterocycles. The molecule has 0 saturated heterocycles. The molecule has 0 unspecified atom stereocenters. The first kappa shape index (κ1) is 15.3. The minimum Gasteiger partial charge on any atom is -0.354 e. The Labute approximate surface area is 145 Å². The Balaban J connectivity index is 1.57. The van der Waals surface area contributed by atoms with E-state index in [0.717, 1.165) is 34.6 Å². The van der Waals surface area contributed by atoms with Crippen LogP contribution in [-0.4, -0.2) is 27.4 Å². The van der Waals surface area contributed by atoms with E-state index < -0.39 is 0 Å². The highest BCUT2D eigenvalue weighted by Gasteiger charge is 2.20. The van der Waals surface area contributed by atoms with Crippen molar-refractivity contribution in [1.29, 1.82) is 0 Å². The van der Waals surface area contributed by atoms with E-state index in [1.165, 1.54) is 0 Å². The van der Waals surface area contributed by atoms with Gasteiger partial charge in [-0.2, -0.15) is 0 Å². The molecule has 2 aromatic heterocycles. The number of fused-ring (bicyclic) bond motifs is 3. The number of aromatic nitrogens is 3. The van der Waals surface area contributed by atoms with Crippen LogP contribution in [0.1, 0.15) is 11.3 Å². The number of anilines is 2. The molecule has 1 aliphatic rings. The van der Waals surface area contributed by atoms with E-state index in [-0.39, 0.29) is 12.3 Å². The molecular weight excluding hydrogens is 314 g/mol. The molecule has 0 radical (unpaired) electrons. The molecule has 3 aromatic rings. The second-order valence-corrected chi connectivity index (χ2v) is 5.84. The van der Waals surface area contributed by atoms with Gasteiger partial charge in [0.15, 0.2) is 0 Å². The predicted octanol–water partition coefficient (Wildman–Crippen LogP) is 2.69. The summed E-state index contributed by atoms with van der Waals surface area (Å²) < 4.78 is 0. The summed E-state index contributed by atoms with van der Waals surface area (Å²) in [5.74, 6) is 0.504. The van der Waals surface area contributed by atoms with Crippen LogP contribution in [0.25, 0.3) is 11.3 Å². The number of hydrogen-bond acceptors (Lipinski definition) is 5. The molecule has 0 saturated carbocycles. The van der Waals surface area contributed by atoms with Crippen LogP contribution in [0.3, 0.4) is 0 Å². The predicted molar refractivity (Wildman–Crippen MR) is 96.2 cm³/mol. The maximum absolute atomic E-state index is 12.0. The second kappa shape index (κ2) is 6.68. The van der Waals surface area contributed by atoms with E-state index in [0.29, 0.717) is 12.5 Å². The highest BCUT2D eigenvalue weighted by molar-refractivity contribution is 5.99. The molecule has 0 fully saturated rings. The zero-order valence-electron chi connectivity index (χ0n) is 13.6. The summed E-state index contributed by atoms with van der Waals surface area (Å²) in [6, 6.07) is 13.6. The average molecular weight is 331 g/mol. The Morgan fingerprint density at radius 2 is 1.96 bits per heavy atom. The first-order chi connectivity index (χ1) is 12.3. The standard InChI is InChI=1S/C19H17N5O/c25-17-11-13-12-22-19(21-10-8-14-5-3-4-9-20-14)24-18(13)15-6-1-2-7-16(15)23-17/h1-7,9,12H,8,10-11H2,(H,23,25)(H,21,22,24). The van der Waals surface area contributed by atoms with Crippen LogP contribution in [0.15, 0.2) is 54.9 Å². The summed E-state index contributed by atoms with van der Waals surface area (Å²) in [4.78, 5) is 25.3. The van der Waals surface area contributed by atoms with Crippen molar-refractivity contribution in [3.63, 3.8) is 0 Å². The minimum atomic E-state index is -0.0503. The molecule has 2 N–H and O–H groups in total. The Hall–Kier alpha value is -3.28. The average Bonchev–Trinajstić information content (AvgIpc) is 2.78. The highest BCUT2D eigenvalue weighted by Crippen LogP contribution is 2.32. The molecule has 6 nitrogen and oxygen atoms in total. The lowest BCUT2D eigenvalue weighted by molar-refractivity contribution is -0.115. The van der Waals surface area contributed by atoms with Gasteiger partial charge in [0.05, 0.1) is 17.8 Å². The van der Waals surface area contributed by atoms with Crippen molar-refractivity contribution in [3.8, 4) is 11.3 Å². The molecule has 25 heavy (non-hydrogen) atoms. The minimum absolute atomic E-state index is 0.0503. The summed E-state index contributed by atoms with van der Waals surface area (Å²) in [5.41, 5.74) is 4.34. The largest absolute Gasteiger partial charge is 0.354 e. The molecule has 0 atom stereocenters. The third-order valence-electron chi connectivity index (χ3n) is 4.06. The number of para-hydroxylation sites is 1. The smallest absolute Gasteiger partial charge is 0.228 e. The van der Waals surface area contributed by atoms with Gasteiger partial charge in [-0.1, -0.05) is 24.3 Å². The van der Waals surface area contributed by atoms with Crippen LogP contribution in [0.2, 0.25) is 0 Å². The van der Waals surface area contributed by atoms with Gasteiger partial charge in [0.1, 0.15) is 0 Å². The summed E-state index contributed by atoms with van der Waals surface area (Å²) in [5, 5.41) is 6.16. The van der Waals surface area contributed by atoms with Crippen LogP contribution in [0, 0.1) is 0 Å². The van der Waals surface area contributed by atoms with Gasteiger partial charge in [-0.25, -0.2) is 9.97 Å².